The highest BCUT2D eigenvalue weighted by Gasteiger charge is 2.29. The quantitative estimate of drug-likeness (QED) is 0.731. The highest BCUT2D eigenvalue weighted by atomic mass is 16.5. The molecule has 3 fully saturated rings. The van der Waals surface area contributed by atoms with Crippen LogP contribution in [0.3, 0.4) is 0 Å². The summed E-state index contributed by atoms with van der Waals surface area (Å²) in [5.41, 5.74) is 0. The Hall–Kier alpha value is -1.18. The van der Waals surface area contributed by atoms with E-state index < -0.39 is 0 Å². The summed E-state index contributed by atoms with van der Waals surface area (Å²) in [6.45, 7) is 7.12. The minimum atomic E-state index is 0.00489. The van der Waals surface area contributed by atoms with E-state index in [4.69, 9.17) is 4.74 Å². The fourth-order valence-electron chi connectivity index (χ4n) is 3.51. The van der Waals surface area contributed by atoms with Crippen molar-refractivity contribution in [3.05, 3.63) is 0 Å². The van der Waals surface area contributed by atoms with Gasteiger partial charge in [-0.2, -0.15) is 0 Å². The number of ether oxygens (including phenoxy) is 1. The van der Waals surface area contributed by atoms with Gasteiger partial charge in [0.15, 0.2) is 0 Å². The molecule has 2 amide bonds. The van der Waals surface area contributed by atoms with Gasteiger partial charge in [-0.25, -0.2) is 0 Å². The average Bonchev–Trinajstić information content (AvgIpc) is 2.63. The third kappa shape index (κ3) is 4.43. The van der Waals surface area contributed by atoms with Gasteiger partial charge in [0, 0.05) is 39.3 Å². The molecule has 3 aliphatic heterocycles. The van der Waals surface area contributed by atoms with Crippen molar-refractivity contribution < 1.29 is 14.3 Å². The molecule has 7 heteroatoms. The Balaban J connectivity index is 1.41. The van der Waals surface area contributed by atoms with Crippen LogP contribution in [0.5, 0.6) is 0 Å². The maximum absolute atomic E-state index is 12.5. The van der Waals surface area contributed by atoms with Crippen molar-refractivity contribution in [2.24, 2.45) is 0 Å². The monoisotopic (exact) mass is 324 g/mol. The molecule has 0 aromatic rings. The number of hydrogen-bond acceptors (Lipinski definition) is 5. The molecule has 0 aromatic heterocycles. The van der Waals surface area contributed by atoms with Crippen LogP contribution < -0.4 is 5.32 Å². The van der Waals surface area contributed by atoms with Crippen LogP contribution in [0.1, 0.15) is 19.3 Å². The maximum atomic E-state index is 12.5. The molecule has 1 atom stereocenters. The molecule has 0 bridgehead atoms. The Bertz CT molecular complexity index is 412. The lowest BCUT2D eigenvalue weighted by Gasteiger charge is -2.38. The van der Waals surface area contributed by atoms with E-state index in [1.54, 1.807) is 0 Å². The Labute approximate surface area is 137 Å². The second-order valence-corrected chi connectivity index (χ2v) is 6.60. The molecule has 0 radical (unpaired) electrons. The topological polar surface area (TPSA) is 65.1 Å². The largest absolute Gasteiger partial charge is 0.378 e. The van der Waals surface area contributed by atoms with Crippen LogP contribution >= 0.6 is 0 Å². The van der Waals surface area contributed by atoms with E-state index in [2.05, 4.69) is 10.2 Å². The fourth-order valence-corrected chi connectivity index (χ4v) is 3.51. The first-order valence-electron chi connectivity index (χ1n) is 8.84. The summed E-state index contributed by atoms with van der Waals surface area (Å²) in [5, 5.41) is 3.33. The van der Waals surface area contributed by atoms with Crippen LogP contribution in [-0.4, -0.2) is 98.1 Å². The standard InChI is InChI=1S/C16H28N4O3/c21-15(19-9-11-23-12-10-19)13-18-5-7-20(8-6-18)16(22)14-3-1-2-4-17-14/h14,17H,1-13H2/t14-/m1/s1. The predicted octanol–water partition coefficient (Wildman–Crippen LogP) is -0.868. The van der Waals surface area contributed by atoms with Gasteiger partial charge in [0.05, 0.1) is 25.8 Å². The van der Waals surface area contributed by atoms with Crippen molar-refractivity contribution in [1.82, 2.24) is 20.0 Å². The molecule has 0 unspecified atom stereocenters. The van der Waals surface area contributed by atoms with Crippen LogP contribution in [0.15, 0.2) is 0 Å². The second kappa shape index (κ2) is 8.08. The Morgan fingerprint density at radius 2 is 1.70 bits per heavy atom. The molecule has 0 aromatic carbocycles. The van der Waals surface area contributed by atoms with Gasteiger partial charge in [-0.3, -0.25) is 14.5 Å². The lowest BCUT2D eigenvalue weighted by atomic mass is 10.0. The lowest BCUT2D eigenvalue weighted by Crippen LogP contribution is -2.56. The molecule has 1 N–H and O–H groups in total. The van der Waals surface area contributed by atoms with Crippen LogP contribution in [0.4, 0.5) is 0 Å². The van der Waals surface area contributed by atoms with Gasteiger partial charge in [-0.05, 0) is 19.4 Å². The molecule has 3 rings (SSSR count). The molecular formula is C16H28N4O3. The van der Waals surface area contributed by atoms with E-state index in [1.165, 1.54) is 6.42 Å². The smallest absolute Gasteiger partial charge is 0.239 e. The number of hydrogen-bond donors (Lipinski definition) is 1. The summed E-state index contributed by atoms with van der Waals surface area (Å²) >= 11 is 0. The van der Waals surface area contributed by atoms with Crippen LogP contribution in [0, 0.1) is 0 Å². The van der Waals surface area contributed by atoms with Crippen LogP contribution in [0.25, 0.3) is 0 Å². The Kier molecular flexibility index (Phi) is 5.85. The molecule has 130 valence electrons. The van der Waals surface area contributed by atoms with E-state index in [9.17, 15) is 9.59 Å². The van der Waals surface area contributed by atoms with E-state index in [0.717, 1.165) is 45.6 Å². The summed E-state index contributed by atoms with van der Waals surface area (Å²) < 4.78 is 5.28. The molecule has 3 heterocycles. The lowest BCUT2D eigenvalue weighted by molar-refractivity contribution is -0.138. The molecule has 0 saturated carbocycles. The Morgan fingerprint density at radius 3 is 2.35 bits per heavy atom. The Morgan fingerprint density at radius 1 is 0.957 bits per heavy atom. The molecule has 23 heavy (non-hydrogen) atoms. The fraction of sp³-hybridized carbons (Fsp3) is 0.875. The second-order valence-electron chi connectivity index (χ2n) is 6.60. The van der Waals surface area contributed by atoms with Gasteiger partial charge in [0.1, 0.15) is 0 Å². The number of rotatable bonds is 3. The zero-order chi connectivity index (χ0) is 16.1. The highest BCUT2D eigenvalue weighted by Crippen LogP contribution is 2.12. The number of piperidine rings is 1. The van der Waals surface area contributed by atoms with Crippen LogP contribution in [-0.2, 0) is 14.3 Å². The minimum Gasteiger partial charge on any atom is -0.378 e. The molecule has 3 aliphatic rings. The number of piperazine rings is 1. The van der Waals surface area contributed by atoms with Crippen molar-refractivity contribution >= 4 is 11.8 Å². The summed E-state index contributed by atoms with van der Waals surface area (Å²) in [5.74, 6) is 0.422. The SMILES string of the molecule is O=C(CN1CCN(C(=O)[C@H]2CCCCN2)CC1)N1CCOCC1. The predicted molar refractivity (Wildman–Crippen MR) is 86.1 cm³/mol. The highest BCUT2D eigenvalue weighted by molar-refractivity contribution is 5.82. The van der Waals surface area contributed by atoms with E-state index in [-0.39, 0.29) is 17.9 Å². The molecule has 0 aliphatic carbocycles. The first-order chi connectivity index (χ1) is 11.2. The number of nitrogens with one attached hydrogen (secondary N) is 1. The third-order valence-electron chi connectivity index (χ3n) is 5.02. The maximum Gasteiger partial charge on any atom is 0.239 e. The first kappa shape index (κ1) is 16.7. The van der Waals surface area contributed by atoms with Gasteiger partial charge < -0.3 is 19.9 Å². The average molecular weight is 324 g/mol. The number of amides is 2. The van der Waals surface area contributed by atoms with Crippen molar-refractivity contribution in [2.75, 3.05) is 65.6 Å². The molecule has 7 nitrogen and oxygen atoms in total. The number of carbonyl (C=O) groups is 2. The van der Waals surface area contributed by atoms with Gasteiger partial charge in [-0.15, -0.1) is 0 Å². The third-order valence-corrected chi connectivity index (χ3v) is 5.02. The van der Waals surface area contributed by atoms with Crippen LogP contribution in [0.2, 0.25) is 0 Å². The molecular weight excluding hydrogens is 296 g/mol. The van der Waals surface area contributed by atoms with Gasteiger partial charge in [0.2, 0.25) is 11.8 Å². The first-order valence-corrected chi connectivity index (χ1v) is 8.84. The van der Waals surface area contributed by atoms with E-state index in [0.29, 0.717) is 32.8 Å². The zero-order valence-electron chi connectivity index (χ0n) is 13.8. The number of morpholine rings is 1. The number of nitrogens with zero attached hydrogens (tertiary/aromatic N) is 3. The normalized spacial score (nSPS) is 27.0. The molecule has 0 spiro atoms. The van der Waals surface area contributed by atoms with Crippen molar-refractivity contribution in [3.63, 3.8) is 0 Å². The van der Waals surface area contributed by atoms with Crippen molar-refractivity contribution in [2.45, 2.75) is 25.3 Å². The van der Waals surface area contributed by atoms with E-state index in [1.807, 2.05) is 9.80 Å². The zero-order valence-corrected chi connectivity index (χ0v) is 13.8. The summed E-state index contributed by atoms with van der Waals surface area (Å²) in [6, 6.07) is 0.00489. The van der Waals surface area contributed by atoms with Gasteiger partial charge >= 0.3 is 0 Å². The van der Waals surface area contributed by atoms with Gasteiger partial charge in [-0.1, -0.05) is 6.42 Å². The van der Waals surface area contributed by atoms with Crippen molar-refractivity contribution in [1.29, 1.82) is 0 Å². The minimum absolute atomic E-state index is 0.00489. The summed E-state index contributed by atoms with van der Waals surface area (Å²) in [7, 11) is 0. The summed E-state index contributed by atoms with van der Waals surface area (Å²) in [4.78, 5) is 30.8. The van der Waals surface area contributed by atoms with Gasteiger partial charge in [0.25, 0.3) is 0 Å². The van der Waals surface area contributed by atoms with E-state index >= 15 is 0 Å². The van der Waals surface area contributed by atoms with Crippen molar-refractivity contribution in [3.8, 4) is 0 Å². The number of carbonyl (C=O) groups excluding carboxylic acids is 2. The summed E-state index contributed by atoms with van der Waals surface area (Å²) in [6.07, 6.45) is 3.26. The molecule has 3 saturated heterocycles.